The molecule has 13 heavy (non-hydrogen) atoms. The second kappa shape index (κ2) is 4.37. The smallest absolute Gasteiger partial charge is 0.273 e. The molecule has 1 heterocycles. The molecule has 2 radical (unpaired) electrons. The summed E-state index contributed by atoms with van der Waals surface area (Å²) in [7, 11) is 0. The van der Waals surface area contributed by atoms with Crippen molar-refractivity contribution >= 4 is 17.2 Å². The normalized spacial score (nSPS) is 10.1. The molecule has 0 bridgehead atoms. The summed E-state index contributed by atoms with van der Waals surface area (Å²) in [6.07, 6.45) is 0. The first-order valence-electron chi connectivity index (χ1n) is 4.19. The van der Waals surface area contributed by atoms with Gasteiger partial charge in [-0.05, 0) is 13.8 Å². The monoisotopic (exact) mass is 196 g/mol. The Morgan fingerprint density at radius 3 is 2.62 bits per heavy atom. The number of carbonyl (C=O) groups excluding carboxylic acids is 1. The lowest BCUT2D eigenvalue weighted by Gasteiger charge is -2.16. The third-order valence-corrected chi connectivity index (χ3v) is 2.47. The molecule has 0 saturated heterocycles. The Morgan fingerprint density at radius 1 is 1.62 bits per heavy atom. The summed E-state index contributed by atoms with van der Waals surface area (Å²) >= 11 is 1.29. The van der Waals surface area contributed by atoms with Crippen molar-refractivity contribution in [3.05, 3.63) is 23.0 Å². The molecule has 1 aromatic heterocycles. The van der Waals surface area contributed by atoms with Gasteiger partial charge >= 0.3 is 0 Å². The number of nitrogens with zero attached hydrogens (tertiary/aromatic N) is 2. The van der Waals surface area contributed by atoms with Crippen LogP contribution in [0.2, 0.25) is 0 Å². The molecule has 0 aliphatic heterocycles. The van der Waals surface area contributed by atoms with E-state index in [1.807, 2.05) is 13.8 Å². The number of aromatic nitrogens is 1. The van der Waals surface area contributed by atoms with Crippen molar-refractivity contribution in [2.45, 2.75) is 13.8 Å². The van der Waals surface area contributed by atoms with E-state index in [1.54, 1.807) is 10.3 Å². The average molecular weight is 196 g/mol. The van der Waals surface area contributed by atoms with Crippen molar-refractivity contribution in [3.63, 3.8) is 0 Å². The van der Waals surface area contributed by atoms with Crippen LogP contribution in [-0.2, 0) is 0 Å². The zero-order chi connectivity index (χ0) is 9.84. The van der Waals surface area contributed by atoms with Crippen molar-refractivity contribution in [2.75, 3.05) is 13.1 Å². The third-order valence-electron chi connectivity index (χ3n) is 1.79. The minimum absolute atomic E-state index is 0.0436. The van der Waals surface area contributed by atoms with Gasteiger partial charge in [-0.3, -0.25) is 4.79 Å². The minimum Gasteiger partial charge on any atom is -0.338 e. The van der Waals surface area contributed by atoms with Gasteiger partial charge in [-0.15, -0.1) is 11.3 Å². The molecule has 4 heteroatoms. The van der Waals surface area contributed by atoms with Gasteiger partial charge in [0, 0.05) is 25.4 Å². The van der Waals surface area contributed by atoms with E-state index in [0.29, 0.717) is 23.8 Å². The first-order chi connectivity index (χ1) is 6.19. The molecular formula is C9H12N2OS. The summed E-state index contributed by atoms with van der Waals surface area (Å²) in [5, 5.41) is 2.13. The van der Waals surface area contributed by atoms with E-state index in [4.69, 9.17) is 6.92 Å². The highest BCUT2D eigenvalue weighted by Crippen LogP contribution is 2.10. The Bertz CT molecular complexity index is 292. The van der Waals surface area contributed by atoms with Crippen molar-refractivity contribution in [3.8, 4) is 0 Å². The Morgan fingerprint density at radius 2 is 2.23 bits per heavy atom. The van der Waals surface area contributed by atoms with Crippen molar-refractivity contribution in [1.29, 1.82) is 0 Å². The predicted octanol–water partition coefficient (Wildman–Crippen LogP) is 1.68. The van der Waals surface area contributed by atoms with Crippen LogP contribution in [0.4, 0.5) is 0 Å². The fourth-order valence-corrected chi connectivity index (χ4v) is 1.60. The van der Waals surface area contributed by atoms with Crippen LogP contribution in [-0.4, -0.2) is 28.9 Å². The van der Waals surface area contributed by atoms with E-state index in [-0.39, 0.29) is 5.91 Å². The number of hydrogen-bond donors (Lipinski definition) is 0. The molecule has 0 aliphatic carbocycles. The molecule has 1 aromatic rings. The molecule has 1 rings (SSSR count). The van der Waals surface area contributed by atoms with Crippen molar-refractivity contribution in [2.24, 2.45) is 0 Å². The molecule has 0 saturated carbocycles. The molecule has 1 amide bonds. The van der Waals surface area contributed by atoms with Gasteiger partial charge in [0.2, 0.25) is 0 Å². The van der Waals surface area contributed by atoms with E-state index in [1.165, 1.54) is 11.3 Å². The number of amides is 1. The first-order valence-corrected chi connectivity index (χ1v) is 5.07. The second-order valence-corrected chi connectivity index (χ2v) is 3.44. The topological polar surface area (TPSA) is 33.2 Å². The van der Waals surface area contributed by atoms with Crippen LogP contribution in [0, 0.1) is 6.92 Å². The van der Waals surface area contributed by atoms with Crippen LogP contribution in [0.15, 0.2) is 5.38 Å². The van der Waals surface area contributed by atoms with E-state index in [2.05, 4.69) is 4.98 Å². The summed E-state index contributed by atoms with van der Waals surface area (Å²) in [4.78, 5) is 17.3. The quantitative estimate of drug-likeness (QED) is 0.737. The highest BCUT2D eigenvalue weighted by molar-refractivity contribution is 7.10. The van der Waals surface area contributed by atoms with E-state index >= 15 is 0 Å². The predicted molar refractivity (Wildman–Crippen MR) is 52.8 cm³/mol. The Kier molecular flexibility index (Phi) is 3.42. The van der Waals surface area contributed by atoms with Gasteiger partial charge in [-0.2, -0.15) is 0 Å². The van der Waals surface area contributed by atoms with Crippen LogP contribution >= 0.6 is 11.3 Å². The molecule has 70 valence electrons. The second-order valence-electron chi connectivity index (χ2n) is 2.55. The number of thiazole rings is 1. The van der Waals surface area contributed by atoms with Gasteiger partial charge in [-0.25, -0.2) is 4.98 Å². The highest BCUT2D eigenvalue weighted by Gasteiger charge is 2.14. The lowest BCUT2D eigenvalue weighted by molar-refractivity contribution is 0.0768. The average Bonchev–Trinajstić information content (AvgIpc) is 2.54. The molecule has 0 unspecified atom stereocenters. The fourth-order valence-electron chi connectivity index (χ4n) is 1.06. The van der Waals surface area contributed by atoms with Crippen LogP contribution in [0.25, 0.3) is 0 Å². The van der Waals surface area contributed by atoms with Gasteiger partial charge in [0.1, 0.15) is 5.69 Å². The van der Waals surface area contributed by atoms with E-state index < -0.39 is 0 Å². The van der Waals surface area contributed by atoms with Crippen LogP contribution in [0.3, 0.4) is 0 Å². The van der Waals surface area contributed by atoms with Crippen LogP contribution < -0.4 is 0 Å². The lowest BCUT2D eigenvalue weighted by atomic mass is 10.4. The van der Waals surface area contributed by atoms with Crippen molar-refractivity contribution in [1.82, 2.24) is 9.88 Å². The molecule has 0 spiro atoms. The summed E-state index contributed by atoms with van der Waals surface area (Å²) in [6.45, 7) is 10.7. The van der Waals surface area contributed by atoms with E-state index in [9.17, 15) is 4.79 Å². The number of rotatable bonds is 3. The largest absolute Gasteiger partial charge is 0.338 e. The summed E-state index contributed by atoms with van der Waals surface area (Å²) < 4.78 is 0. The van der Waals surface area contributed by atoms with E-state index in [0.717, 1.165) is 0 Å². The maximum absolute atomic E-state index is 11.6. The zero-order valence-electron chi connectivity index (χ0n) is 7.78. The number of carbonyl (C=O) groups is 1. The molecular weight excluding hydrogens is 184 g/mol. The Labute approximate surface area is 82.4 Å². The summed E-state index contributed by atoms with van der Waals surface area (Å²) in [5.74, 6) is -0.0436. The maximum Gasteiger partial charge on any atom is 0.273 e. The van der Waals surface area contributed by atoms with Gasteiger partial charge in [0.15, 0.2) is 0 Å². The first kappa shape index (κ1) is 10.2. The van der Waals surface area contributed by atoms with Gasteiger partial charge in [-0.1, -0.05) is 0 Å². The molecule has 0 aliphatic rings. The Hall–Kier alpha value is -0.900. The van der Waals surface area contributed by atoms with Gasteiger partial charge < -0.3 is 4.90 Å². The maximum atomic E-state index is 11.6. The molecule has 0 aromatic carbocycles. The van der Waals surface area contributed by atoms with Gasteiger partial charge in [0.25, 0.3) is 5.91 Å². The third kappa shape index (κ3) is 2.28. The highest BCUT2D eigenvalue weighted by atomic mass is 32.1. The van der Waals surface area contributed by atoms with Crippen LogP contribution in [0.1, 0.15) is 29.3 Å². The molecule has 0 N–H and O–H groups in total. The summed E-state index contributed by atoms with van der Waals surface area (Å²) in [6, 6.07) is 0. The lowest BCUT2D eigenvalue weighted by Crippen LogP contribution is -2.30. The van der Waals surface area contributed by atoms with Gasteiger partial charge in [0.05, 0.1) is 5.01 Å². The Balaban J connectivity index is 2.78. The molecule has 0 fully saturated rings. The van der Waals surface area contributed by atoms with Crippen molar-refractivity contribution < 1.29 is 4.79 Å². The SMILES string of the molecule is [CH]c1nc(C(=O)N(CC)CC)cs1. The standard InChI is InChI=1S/C9H12N2OS/c1-4-11(5-2)9(12)8-6-13-7(3)10-8/h3,6H,4-5H2,1-2H3. The minimum atomic E-state index is -0.0436. The summed E-state index contributed by atoms with van der Waals surface area (Å²) in [5.41, 5.74) is 0.450. The molecule has 3 nitrogen and oxygen atoms in total. The van der Waals surface area contributed by atoms with Crippen LogP contribution in [0.5, 0.6) is 0 Å². The molecule has 0 atom stereocenters. The number of hydrogen-bond acceptors (Lipinski definition) is 3. The zero-order valence-corrected chi connectivity index (χ0v) is 8.60. The fraction of sp³-hybridized carbons (Fsp3) is 0.444.